The van der Waals surface area contributed by atoms with Crippen LogP contribution in [0.15, 0.2) is 18.2 Å². The number of benzene rings is 1. The normalized spacial score (nSPS) is 13.8. The summed E-state index contributed by atoms with van der Waals surface area (Å²) in [5.74, 6) is -1.29. The molecule has 0 spiro atoms. The molecule has 3 N–H and O–H groups in total. The minimum atomic E-state index is -0.644. The van der Waals surface area contributed by atoms with Crippen LogP contribution in [0.4, 0.5) is 13.6 Å². The van der Waals surface area contributed by atoms with Gasteiger partial charge in [-0.05, 0) is 39.6 Å². The molecule has 5 nitrogen and oxygen atoms in total. The number of aliphatic hydroxyl groups is 1. The molecule has 0 heterocycles. The molecule has 1 aromatic rings. The van der Waals surface area contributed by atoms with Crippen molar-refractivity contribution < 1.29 is 18.7 Å². The van der Waals surface area contributed by atoms with Crippen LogP contribution >= 0.6 is 0 Å². The third kappa shape index (κ3) is 5.57. The van der Waals surface area contributed by atoms with Crippen LogP contribution in [0.5, 0.6) is 0 Å². The Labute approximate surface area is 129 Å². The highest BCUT2D eigenvalue weighted by Gasteiger charge is 2.22. The van der Waals surface area contributed by atoms with E-state index >= 15 is 0 Å². The number of carbonyl (C=O) groups is 1. The molecule has 0 aromatic heterocycles. The van der Waals surface area contributed by atoms with Gasteiger partial charge in [0.2, 0.25) is 0 Å². The predicted molar refractivity (Wildman–Crippen MR) is 80.5 cm³/mol. The van der Waals surface area contributed by atoms with Crippen molar-refractivity contribution >= 4 is 6.03 Å². The SMILES string of the molecule is CC(O)CCNC(=O)NCC(c1c(F)cccc1F)N(C)C. The zero-order valence-electron chi connectivity index (χ0n) is 13.1. The van der Waals surface area contributed by atoms with Crippen LogP contribution in [0.1, 0.15) is 24.9 Å². The molecule has 0 bridgehead atoms. The third-order valence-corrected chi connectivity index (χ3v) is 3.26. The van der Waals surface area contributed by atoms with Gasteiger partial charge in [-0.2, -0.15) is 0 Å². The van der Waals surface area contributed by atoms with Gasteiger partial charge in [0.05, 0.1) is 12.1 Å². The van der Waals surface area contributed by atoms with Crippen molar-refractivity contribution in [1.82, 2.24) is 15.5 Å². The number of rotatable bonds is 7. The van der Waals surface area contributed by atoms with Gasteiger partial charge in [0.15, 0.2) is 0 Å². The van der Waals surface area contributed by atoms with Crippen LogP contribution in [0.2, 0.25) is 0 Å². The molecular weight excluding hydrogens is 292 g/mol. The van der Waals surface area contributed by atoms with Crippen molar-refractivity contribution in [3.05, 3.63) is 35.4 Å². The molecule has 2 amide bonds. The number of aliphatic hydroxyl groups excluding tert-OH is 1. The number of nitrogens with one attached hydrogen (secondary N) is 2. The molecule has 0 aliphatic rings. The first kappa shape index (κ1) is 18.3. The lowest BCUT2D eigenvalue weighted by Crippen LogP contribution is -2.41. The smallest absolute Gasteiger partial charge is 0.314 e. The van der Waals surface area contributed by atoms with Crippen LogP contribution in [-0.2, 0) is 0 Å². The molecule has 1 rings (SSSR count). The van der Waals surface area contributed by atoms with Crippen LogP contribution in [-0.4, -0.2) is 49.3 Å². The van der Waals surface area contributed by atoms with E-state index in [1.54, 1.807) is 25.9 Å². The standard InChI is InChI=1S/C15H23F2N3O2/c1-10(21)7-8-18-15(22)19-9-13(20(2)3)14-11(16)5-4-6-12(14)17/h4-6,10,13,21H,7-9H2,1-3H3,(H2,18,19,22). The quantitative estimate of drug-likeness (QED) is 0.717. The topological polar surface area (TPSA) is 64.6 Å². The number of amides is 2. The Balaban J connectivity index is 2.64. The van der Waals surface area contributed by atoms with Gasteiger partial charge in [0.25, 0.3) is 0 Å². The second-order valence-corrected chi connectivity index (χ2v) is 5.39. The molecular formula is C15H23F2N3O2. The predicted octanol–water partition coefficient (Wildman–Crippen LogP) is 1.64. The average Bonchev–Trinajstić information content (AvgIpc) is 2.41. The first-order chi connectivity index (χ1) is 10.3. The summed E-state index contributed by atoms with van der Waals surface area (Å²) >= 11 is 0. The van der Waals surface area contributed by atoms with E-state index in [4.69, 9.17) is 5.11 Å². The van der Waals surface area contributed by atoms with E-state index in [9.17, 15) is 13.6 Å². The summed E-state index contributed by atoms with van der Waals surface area (Å²) in [6.07, 6.45) is -0.0609. The van der Waals surface area contributed by atoms with E-state index in [-0.39, 0.29) is 12.1 Å². The van der Waals surface area contributed by atoms with Gasteiger partial charge < -0.3 is 20.6 Å². The third-order valence-electron chi connectivity index (χ3n) is 3.26. The van der Waals surface area contributed by atoms with Crippen molar-refractivity contribution in [3.63, 3.8) is 0 Å². The molecule has 0 saturated carbocycles. The summed E-state index contributed by atoms with van der Waals surface area (Å²) < 4.78 is 27.7. The summed E-state index contributed by atoms with van der Waals surface area (Å²) in [5.41, 5.74) is -0.0724. The van der Waals surface area contributed by atoms with Crippen molar-refractivity contribution in [2.24, 2.45) is 0 Å². The largest absolute Gasteiger partial charge is 0.393 e. The maximum atomic E-state index is 13.9. The first-order valence-electron chi connectivity index (χ1n) is 7.13. The fourth-order valence-corrected chi connectivity index (χ4v) is 2.02. The summed E-state index contributed by atoms with van der Waals surface area (Å²) in [5, 5.41) is 14.3. The van der Waals surface area contributed by atoms with Crippen LogP contribution in [0, 0.1) is 11.6 Å². The Bertz CT molecular complexity index is 475. The number of nitrogens with zero attached hydrogens (tertiary/aromatic N) is 1. The lowest BCUT2D eigenvalue weighted by atomic mass is 10.0. The molecule has 0 saturated heterocycles. The van der Waals surface area contributed by atoms with Crippen LogP contribution < -0.4 is 10.6 Å². The maximum absolute atomic E-state index is 13.9. The van der Waals surface area contributed by atoms with Gasteiger partial charge in [0.1, 0.15) is 11.6 Å². The number of hydrogen-bond acceptors (Lipinski definition) is 3. The van der Waals surface area contributed by atoms with Crippen LogP contribution in [0.3, 0.4) is 0 Å². The average molecular weight is 315 g/mol. The minimum Gasteiger partial charge on any atom is -0.393 e. The highest BCUT2D eigenvalue weighted by Crippen LogP contribution is 2.23. The first-order valence-corrected chi connectivity index (χ1v) is 7.13. The summed E-state index contributed by atoms with van der Waals surface area (Å²) in [6, 6.07) is 2.62. The fraction of sp³-hybridized carbons (Fsp3) is 0.533. The number of hydrogen-bond donors (Lipinski definition) is 3. The maximum Gasteiger partial charge on any atom is 0.314 e. The van der Waals surface area contributed by atoms with Crippen molar-refractivity contribution in [2.75, 3.05) is 27.2 Å². The van der Waals surface area contributed by atoms with Crippen LogP contribution in [0.25, 0.3) is 0 Å². The molecule has 1 aromatic carbocycles. The van der Waals surface area contributed by atoms with E-state index in [1.165, 1.54) is 18.2 Å². The number of likely N-dealkylation sites (N-methyl/N-ethyl adjacent to an activating group) is 1. The number of halogens is 2. The Morgan fingerprint density at radius 3 is 2.36 bits per heavy atom. The number of carbonyl (C=O) groups excluding carboxylic acids is 1. The van der Waals surface area contributed by atoms with Gasteiger partial charge in [-0.3, -0.25) is 0 Å². The number of urea groups is 1. The zero-order valence-corrected chi connectivity index (χ0v) is 13.1. The molecule has 0 fully saturated rings. The van der Waals surface area contributed by atoms with Gasteiger partial charge in [0, 0.05) is 18.7 Å². The molecule has 0 aliphatic carbocycles. The van der Waals surface area contributed by atoms with Crippen molar-refractivity contribution in [3.8, 4) is 0 Å². The van der Waals surface area contributed by atoms with E-state index in [2.05, 4.69) is 10.6 Å². The van der Waals surface area contributed by atoms with Crippen molar-refractivity contribution in [2.45, 2.75) is 25.5 Å². The summed E-state index contributed by atoms with van der Waals surface area (Å²) in [4.78, 5) is 13.3. The van der Waals surface area contributed by atoms with E-state index in [1.807, 2.05) is 0 Å². The molecule has 0 aliphatic heterocycles. The molecule has 7 heteroatoms. The molecule has 124 valence electrons. The summed E-state index contributed by atoms with van der Waals surface area (Å²) in [7, 11) is 3.37. The monoisotopic (exact) mass is 315 g/mol. The molecule has 0 radical (unpaired) electrons. The van der Waals surface area contributed by atoms with Gasteiger partial charge in [-0.1, -0.05) is 6.07 Å². The Kier molecular flexibility index (Phi) is 7.20. The zero-order chi connectivity index (χ0) is 16.7. The van der Waals surface area contributed by atoms with Gasteiger partial charge >= 0.3 is 6.03 Å². The second-order valence-electron chi connectivity index (χ2n) is 5.39. The Hall–Kier alpha value is -1.73. The Morgan fingerprint density at radius 2 is 1.86 bits per heavy atom. The highest BCUT2D eigenvalue weighted by atomic mass is 19.1. The Morgan fingerprint density at radius 1 is 1.27 bits per heavy atom. The molecule has 22 heavy (non-hydrogen) atoms. The lowest BCUT2D eigenvalue weighted by Gasteiger charge is -2.26. The van der Waals surface area contributed by atoms with Crippen molar-refractivity contribution in [1.29, 1.82) is 0 Å². The summed E-state index contributed by atoms with van der Waals surface area (Å²) in [6.45, 7) is 2.01. The fourth-order valence-electron chi connectivity index (χ4n) is 2.02. The lowest BCUT2D eigenvalue weighted by molar-refractivity contribution is 0.183. The highest BCUT2D eigenvalue weighted by molar-refractivity contribution is 5.73. The molecule has 2 unspecified atom stereocenters. The van der Waals surface area contributed by atoms with E-state index < -0.39 is 29.8 Å². The second kappa shape index (κ2) is 8.65. The van der Waals surface area contributed by atoms with E-state index in [0.717, 1.165) is 0 Å². The minimum absolute atomic E-state index is 0.0609. The molecule has 2 atom stereocenters. The van der Waals surface area contributed by atoms with Gasteiger partial charge in [-0.25, -0.2) is 13.6 Å². The van der Waals surface area contributed by atoms with E-state index in [0.29, 0.717) is 13.0 Å². The van der Waals surface area contributed by atoms with Gasteiger partial charge in [-0.15, -0.1) is 0 Å².